The van der Waals surface area contributed by atoms with Crippen LogP contribution in [-0.2, 0) is 16.1 Å². The van der Waals surface area contributed by atoms with Gasteiger partial charge >= 0.3 is 0 Å². The largest absolute Gasteiger partial charge is 0.507 e. The van der Waals surface area contributed by atoms with Gasteiger partial charge in [0.2, 0.25) is 0 Å². The van der Waals surface area contributed by atoms with Crippen LogP contribution in [0.15, 0.2) is 72.6 Å². The number of carbonyl (C=O) groups excluding carboxylic acids is 2. The van der Waals surface area contributed by atoms with E-state index >= 15 is 0 Å². The fourth-order valence-corrected chi connectivity index (χ4v) is 4.21. The maximum atomic E-state index is 13.2. The Morgan fingerprint density at radius 3 is 2.44 bits per heavy atom. The van der Waals surface area contributed by atoms with Crippen LogP contribution in [0.1, 0.15) is 22.7 Å². The summed E-state index contributed by atoms with van der Waals surface area (Å²) < 4.78 is 16.4. The molecular weight excluding hydrogens is 436 g/mol. The van der Waals surface area contributed by atoms with Crippen LogP contribution in [0.25, 0.3) is 5.76 Å². The molecule has 0 bridgehead atoms. The molecule has 5 rings (SSSR count). The maximum absolute atomic E-state index is 13.2. The zero-order valence-corrected chi connectivity index (χ0v) is 18.4. The summed E-state index contributed by atoms with van der Waals surface area (Å²) in [6.07, 6.45) is 3.18. The smallest absolute Gasteiger partial charge is 0.295 e. The molecular formula is C26H22N2O6. The Morgan fingerprint density at radius 1 is 1.03 bits per heavy atom. The number of pyridine rings is 1. The lowest BCUT2D eigenvalue weighted by atomic mass is 9.95. The molecule has 8 heteroatoms. The third-order valence-electron chi connectivity index (χ3n) is 5.89. The highest BCUT2D eigenvalue weighted by Gasteiger charge is 2.46. The summed E-state index contributed by atoms with van der Waals surface area (Å²) in [6, 6.07) is 14.9. The summed E-state index contributed by atoms with van der Waals surface area (Å²) in [7, 11) is 1.58. The first-order valence-corrected chi connectivity index (χ1v) is 10.8. The molecule has 1 amide bonds. The second kappa shape index (κ2) is 8.90. The van der Waals surface area contributed by atoms with Crippen LogP contribution in [0, 0.1) is 0 Å². The number of methoxy groups -OCH3 is 1. The number of hydrogen-bond acceptors (Lipinski definition) is 7. The number of aromatic nitrogens is 1. The molecule has 2 aliphatic rings. The van der Waals surface area contributed by atoms with Crippen LogP contribution in [0.2, 0.25) is 0 Å². The molecule has 3 aromatic rings. The molecule has 2 aromatic carbocycles. The highest BCUT2D eigenvalue weighted by Crippen LogP contribution is 2.41. The first-order valence-electron chi connectivity index (χ1n) is 10.8. The Hall–Kier alpha value is -4.33. The van der Waals surface area contributed by atoms with E-state index in [1.165, 1.54) is 4.90 Å². The highest BCUT2D eigenvalue weighted by atomic mass is 16.6. The minimum absolute atomic E-state index is 0.0152. The van der Waals surface area contributed by atoms with Crippen LogP contribution in [0.4, 0.5) is 0 Å². The molecule has 1 aromatic heterocycles. The van der Waals surface area contributed by atoms with Crippen molar-refractivity contribution in [3.8, 4) is 17.2 Å². The summed E-state index contributed by atoms with van der Waals surface area (Å²) in [6.45, 7) is 1.01. The number of likely N-dealkylation sites (tertiary alicyclic amines) is 1. The van der Waals surface area contributed by atoms with Crippen molar-refractivity contribution in [2.45, 2.75) is 12.6 Å². The number of ketones is 1. The molecule has 172 valence electrons. The van der Waals surface area contributed by atoms with E-state index in [0.29, 0.717) is 41.6 Å². The Bertz CT molecular complexity index is 1270. The Labute approximate surface area is 196 Å². The number of nitrogens with zero attached hydrogens (tertiary/aromatic N) is 2. The SMILES string of the molecule is COc1ccc(CN2C(=O)C(=O)/C(=C(\O)c3ccc4c(c3)OCCO4)C2c2ccncc2)cc1. The van der Waals surface area contributed by atoms with Crippen molar-refractivity contribution in [1.82, 2.24) is 9.88 Å². The molecule has 2 aliphatic heterocycles. The van der Waals surface area contributed by atoms with Crippen LogP contribution in [0.5, 0.6) is 17.2 Å². The van der Waals surface area contributed by atoms with E-state index in [1.54, 1.807) is 62.0 Å². The van der Waals surface area contributed by atoms with E-state index < -0.39 is 17.7 Å². The molecule has 8 nitrogen and oxygen atoms in total. The minimum atomic E-state index is -0.779. The fraction of sp³-hybridized carbons (Fsp3) is 0.192. The van der Waals surface area contributed by atoms with E-state index in [4.69, 9.17) is 14.2 Å². The number of Topliss-reactive ketones (excluding diaryl/α,β-unsaturated/α-hetero) is 1. The van der Waals surface area contributed by atoms with Gasteiger partial charge in [0.15, 0.2) is 11.5 Å². The molecule has 0 radical (unpaired) electrons. The summed E-state index contributed by atoms with van der Waals surface area (Å²) in [5, 5.41) is 11.2. The minimum Gasteiger partial charge on any atom is -0.507 e. The lowest BCUT2D eigenvalue weighted by molar-refractivity contribution is -0.140. The van der Waals surface area contributed by atoms with Gasteiger partial charge in [0.25, 0.3) is 11.7 Å². The fourth-order valence-electron chi connectivity index (χ4n) is 4.21. The molecule has 34 heavy (non-hydrogen) atoms. The average molecular weight is 458 g/mol. The van der Waals surface area contributed by atoms with Gasteiger partial charge in [-0.05, 0) is 53.6 Å². The van der Waals surface area contributed by atoms with Crippen LogP contribution in [0.3, 0.4) is 0 Å². The molecule has 3 heterocycles. The third-order valence-corrected chi connectivity index (χ3v) is 5.89. The van der Waals surface area contributed by atoms with Crippen molar-refractivity contribution in [3.05, 3.63) is 89.3 Å². The van der Waals surface area contributed by atoms with Gasteiger partial charge in [-0.25, -0.2) is 0 Å². The first-order chi connectivity index (χ1) is 16.6. The van der Waals surface area contributed by atoms with Crippen molar-refractivity contribution >= 4 is 17.4 Å². The zero-order valence-electron chi connectivity index (χ0n) is 18.4. The standard InChI is InChI=1S/C26H22N2O6/c1-32-19-5-2-16(3-6-19)15-28-23(17-8-10-27-11-9-17)22(25(30)26(28)31)24(29)18-4-7-20-21(14-18)34-13-12-33-20/h2-11,14,23,29H,12-13,15H2,1H3/b24-22-. The molecule has 0 aliphatic carbocycles. The summed E-state index contributed by atoms with van der Waals surface area (Å²) >= 11 is 0. The van der Waals surface area contributed by atoms with Crippen molar-refractivity contribution in [2.24, 2.45) is 0 Å². The van der Waals surface area contributed by atoms with Crippen molar-refractivity contribution in [2.75, 3.05) is 20.3 Å². The number of rotatable bonds is 5. The molecule has 1 N–H and O–H groups in total. The predicted molar refractivity (Wildman–Crippen MR) is 123 cm³/mol. The number of aliphatic hydroxyl groups excluding tert-OH is 1. The van der Waals surface area contributed by atoms with E-state index in [0.717, 1.165) is 5.56 Å². The van der Waals surface area contributed by atoms with E-state index in [-0.39, 0.29) is 17.9 Å². The normalized spacial score (nSPS) is 18.7. The number of benzene rings is 2. The van der Waals surface area contributed by atoms with Gasteiger partial charge < -0.3 is 24.2 Å². The predicted octanol–water partition coefficient (Wildman–Crippen LogP) is 3.48. The number of ether oxygens (including phenoxy) is 3. The maximum Gasteiger partial charge on any atom is 0.295 e. The summed E-state index contributed by atoms with van der Waals surface area (Å²) in [5.74, 6) is 0.0283. The second-order valence-corrected chi connectivity index (χ2v) is 7.91. The second-order valence-electron chi connectivity index (χ2n) is 7.91. The van der Waals surface area contributed by atoms with Gasteiger partial charge in [-0.1, -0.05) is 12.1 Å². The van der Waals surface area contributed by atoms with Gasteiger partial charge in [-0.2, -0.15) is 0 Å². The van der Waals surface area contributed by atoms with E-state index in [2.05, 4.69) is 4.98 Å². The van der Waals surface area contributed by atoms with Crippen LogP contribution < -0.4 is 14.2 Å². The topological polar surface area (TPSA) is 98.2 Å². The average Bonchev–Trinajstić information content (AvgIpc) is 3.14. The van der Waals surface area contributed by atoms with Crippen molar-refractivity contribution in [3.63, 3.8) is 0 Å². The summed E-state index contributed by atoms with van der Waals surface area (Å²) in [5.41, 5.74) is 1.87. The number of hydrogen-bond donors (Lipinski definition) is 1. The number of carbonyl (C=O) groups is 2. The first kappa shape index (κ1) is 21.5. The van der Waals surface area contributed by atoms with Crippen LogP contribution >= 0.6 is 0 Å². The molecule has 1 saturated heterocycles. The van der Waals surface area contributed by atoms with Crippen molar-refractivity contribution in [1.29, 1.82) is 0 Å². The Morgan fingerprint density at radius 2 is 1.74 bits per heavy atom. The number of aliphatic hydroxyl groups is 1. The van der Waals surface area contributed by atoms with E-state index in [1.807, 2.05) is 12.1 Å². The number of fused-ring (bicyclic) bond motifs is 1. The molecule has 1 atom stereocenters. The summed E-state index contributed by atoms with van der Waals surface area (Å²) in [4.78, 5) is 31.8. The molecule has 1 fully saturated rings. The quantitative estimate of drug-likeness (QED) is 0.355. The lowest BCUT2D eigenvalue weighted by Gasteiger charge is -2.25. The Balaban J connectivity index is 1.59. The molecule has 0 saturated carbocycles. The third kappa shape index (κ3) is 3.83. The molecule has 0 spiro atoms. The Kier molecular flexibility index (Phi) is 5.63. The highest BCUT2D eigenvalue weighted by molar-refractivity contribution is 6.46. The zero-order chi connectivity index (χ0) is 23.7. The van der Waals surface area contributed by atoms with Crippen molar-refractivity contribution < 1.29 is 28.9 Å². The number of amides is 1. The van der Waals surface area contributed by atoms with Gasteiger partial charge in [0, 0.05) is 24.5 Å². The monoisotopic (exact) mass is 458 g/mol. The van der Waals surface area contributed by atoms with Gasteiger partial charge in [0.1, 0.15) is 24.7 Å². The van der Waals surface area contributed by atoms with Gasteiger partial charge in [-0.3, -0.25) is 14.6 Å². The van der Waals surface area contributed by atoms with Gasteiger partial charge in [-0.15, -0.1) is 0 Å². The lowest BCUT2D eigenvalue weighted by Crippen LogP contribution is -2.29. The van der Waals surface area contributed by atoms with Crippen LogP contribution in [-0.4, -0.2) is 47.0 Å². The van der Waals surface area contributed by atoms with Gasteiger partial charge in [0.05, 0.1) is 18.7 Å². The molecule has 1 unspecified atom stereocenters. The van der Waals surface area contributed by atoms with E-state index in [9.17, 15) is 14.7 Å².